The number of rotatable bonds is 5. The fourth-order valence-electron chi connectivity index (χ4n) is 3.10. The van der Waals surface area contributed by atoms with Gasteiger partial charge in [0.05, 0.1) is 0 Å². The third kappa shape index (κ3) is 3.27. The Bertz CT molecular complexity index is 413. The number of halogens is 1. The number of nitrogens with zero attached hydrogens (tertiary/aromatic N) is 1. The highest BCUT2D eigenvalue weighted by Gasteiger charge is 2.23. The summed E-state index contributed by atoms with van der Waals surface area (Å²) in [6.07, 6.45) is 5.13. The molecule has 1 N–H and O–H groups in total. The standard InChI is InChI=1S/C16H25FN2/c1-4-18-12(2)15-11-13(17)9-10-16(15)19(3)14-7-5-6-8-14/h9-12,14,18H,4-8H2,1-3H3. The minimum atomic E-state index is -0.150. The van der Waals surface area contributed by atoms with Crippen molar-refractivity contribution in [3.63, 3.8) is 0 Å². The van der Waals surface area contributed by atoms with E-state index in [2.05, 4.69) is 31.1 Å². The number of benzene rings is 1. The molecule has 1 unspecified atom stereocenters. The molecule has 2 rings (SSSR count). The van der Waals surface area contributed by atoms with E-state index in [1.54, 1.807) is 12.1 Å². The highest BCUT2D eigenvalue weighted by molar-refractivity contribution is 5.55. The summed E-state index contributed by atoms with van der Waals surface area (Å²) in [6.45, 7) is 5.07. The molecule has 1 aromatic carbocycles. The quantitative estimate of drug-likeness (QED) is 0.868. The molecule has 19 heavy (non-hydrogen) atoms. The number of hydrogen-bond acceptors (Lipinski definition) is 2. The predicted molar refractivity (Wildman–Crippen MR) is 79.2 cm³/mol. The van der Waals surface area contributed by atoms with E-state index >= 15 is 0 Å². The van der Waals surface area contributed by atoms with Gasteiger partial charge in [0.15, 0.2) is 0 Å². The van der Waals surface area contributed by atoms with Gasteiger partial charge in [0.2, 0.25) is 0 Å². The van der Waals surface area contributed by atoms with E-state index in [9.17, 15) is 4.39 Å². The van der Waals surface area contributed by atoms with Gasteiger partial charge >= 0.3 is 0 Å². The predicted octanol–water partition coefficient (Wildman–Crippen LogP) is 3.88. The maximum atomic E-state index is 13.5. The first-order chi connectivity index (χ1) is 9.13. The average Bonchev–Trinajstić information content (AvgIpc) is 2.92. The Morgan fingerprint density at radius 1 is 1.37 bits per heavy atom. The Kier molecular flexibility index (Phi) is 4.81. The van der Waals surface area contributed by atoms with Crippen molar-refractivity contribution < 1.29 is 4.39 Å². The van der Waals surface area contributed by atoms with Crippen LogP contribution in [0.25, 0.3) is 0 Å². The minimum absolute atomic E-state index is 0.150. The summed E-state index contributed by atoms with van der Waals surface area (Å²) in [5, 5.41) is 3.38. The lowest BCUT2D eigenvalue weighted by atomic mass is 10.0. The van der Waals surface area contributed by atoms with Gasteiger partial charge in [0.1, 0.15) is 5.82 Å². The molecule has 0 aliphatic heterocycles. The lowest BCUT2D eigenvalue weighted by Gasteiger charge is -2.30. The van der Waals surface area contributed by atoms with Gasteiger partial charge < -0.3 is 10.2 Å². The molecule has 0 radical (unpaired) electrons. The van der Waals surface area contributed by atoms with Crippen LogP contribution in [0.5, 0.6) is 0 Å². The first-order valence-corrected chi connectivity index (χ1v) is 7.39. The van der Waals surface area contributed by atoms with Gasteiger partial charge in [-0.15, -0.1) is 0 Å². The van der Waals surface area contributed by atoms with Crippen molar-refractivity contribution in [2.24, 2.45) is 0 Å². The number of hydrogen-bond donors (Lipinski definition) is 1. The molecule has 1 atom stereocenters. The zero-order chi connectivity index (χ0) is 13.8. The van der Waals surface area contributed by atoms with E-state index in [-0.39, 0.29) is 11.9 Å². The van der Waals surface area contributed by atoms with Crippen LogP contribution >= 0.6 is 0 Å². The lowest BCUT2D eigenvalue weighted by molar-refractivity contribution is 0.575. The molecule has 0 aromatic heterocycles. The van der Waals surface area contributed by atoms with Crippen LogP contribution in [0, 0.1) is 5.82 Å². The van der Waals surface area contributed by atoms with E-state index in [1.807, 2.05) is 6.07 Å². The summed E-state index contributed by atoms with van der Waals surface area (Å²) < 4.78 is 13.5. The second-order valence-electron chi connectivity index (χ2n) is 5.53. The Labute approximate surface area is 116 Å². The molecule has 1 fully saturated rings. The Morgan fingerprint density at radius 3 is 2.68 bits per heavy atom. The summed E-state index contributed by atoms with van der Waals surface area (Å²) in [6, 6.07) is 5.96. The van der Waals surface area contributed by atoms with Crippen LogP contribution in [-0.2, 0) is 0 Å². The van der Waals surface area contributed by atoms with Crippen LogP contribution < -0.4 is 10.2 Å². The molecule has 1 aliphatic carbocycles. The first kappa shape index (κ1) is 14.3. The van der Waals surface area contributed by atoms with Crippen molar-refractivity contribution in [1.82, 2.24) is 5.32 Å². The first-order valence-electron chi connectivity index (χ1n) is 7.39. The molecule has 0 amide bonds. The molecule has 1 aromatic rings. The van der Waals surface area contributed by atoms with E-state index in [0.29, 0.717) is 6.04 Å². The molecule has 0 bridgehead atoms. The Hall–Kier alpha value is -1.09. The summed E-state index contributed by atoms with van der Waals surface area (Å²) in [7, 11) is 2.14. The lowest BCUT2D eigenvalue weighted by Crippen LogP contribution is -2.31. The van der Waals surface area contributed by atoms with E-state index in [0.717, 1.165) is 12.1 Å². The molecule has 0 saturated heterocycles. The monoisotopic (exact) mass is 264 g/mol. The fourth-order valence-corrected chi connectivity index (χ4v) is 3.10. The van der Waals surface area contributed by atoms with Gasteiger partial charge in [-0.2, -0.15) is 0 Å². The molecular weight excluding hydrogens is 239 g/mol. The molecular formula is C16H25FN2. The summed E-state index contributed by atoms with van der Waals surface area (Å²) in [5.41, 5.74) is 2.23. The highest BCUT2D eigenvalue weighted by atomic mass is 19.1. The summed E-state index contributed by atoms with van der Waals surface area (Å²) >= 11 is 0. The van der Waals surface area contributed by atoms with Gasteiger partial charge in [-0.3, -0.25) is 0 Å². The molecule has 0 spiro atoms. The topological polar surface area (TPSA) is 15.3 Å². The van der Waals surface area contributed by atoms with Gasteiger partial charge in [-0.1, -0.05) is 19.8 Å². The second kappa shape index (κ2) is 6.38. The van der Waals surface area contributed by atoms with Gasteiger partial charge in [0, 0.05) is 24.8 Å². The van der Waals surface area contributed by atoms with Gasteiger partial charge in [-0.05, 0) is 50.1 Å². The van der Waals surface area contributed by atoms with Crippen molar-refractivity contribution in [2.45, 2.75) is 51.6 Å². The SMILES string of the molecule is CCNC(C)c1cc(F)ccc1N(C)C1CCCC1. The molecule has 3 heteroatoms. The zero-order valence-electron chi connectivity index (χ0n) is 12.2. The van der Waals surface area contributed by atoms with E-state index in [1.165, 1.54) is 31.4 Å². The smallest absolute Gasteiger partial charge is 0.123 e. The van der Waals surface area contributed by atoms with Crippen LogP contribution in [0.1, 0.15) is 51.1 Å². The van der Waals surface area contributed by atoms with Crippen LogP contribution in [-0.4, -0.2) is 19.6 Å². The number of nitrogens with one attached hydrogen (secondary N) is 1. The fraction of sp³-hybridized carbons (Fsp3) is 0.625. The normalized spacial score (nSPS) is 17.7. The zero-order valence-corrected chi connectivity index (χ0v) is 12.2. The maximum absolute atomic E-state index is 13.5. The third-order valence-electron chi connectivity index (χ3n) is 4.22. The van der Waals surface area contributed by atoms with Crippen molar-refractivity contribution in [1.29, 1.82) is 0 Å². The minimum Gasteiger partial charge on any atom is -0.371 e. The summed E-state index contributed by atoms with van der Waals surface area (Å²) in [5.74, 6) is -0.150. The summed E-state index contributed by atoms with van der Waals surface area (Å²) in [4.78, 5) is 2.34. The number of anilines is 1. The van der Waals surface area contributed by atoms with E-state index in [4.69, 9.17) is 0 Å². The molecule has 2 nitrogen and oxygen atoms in total. The molecule has 106 valence electrons. The molecule has 1 saturated carbocycles. The average molecular weight is 264 g/mol. The molecule has 1 aliphatic rings. The molecule has 0 heterocycles. The Morgan fingerprint density at radius 2 is 2.05 bits per heavy atom. The van der Waals surface area contributed by atoms with Crippen LogP contribution in [0.3, 0.4) is 0 Å². The van der Waals surface area contributed by atoms with Crippen molar-refractivity contribution in [3.05, 3.63) is 29.6 Å². The Balaban J connectivity index is 2.27. The third-order valence-corrected chi connectivity index (χ3v) is 4.22. The van der Waals surface area contributed by atoms with E-state index < -0.39 is 0 Å². The van der Waals surface area contributed by atoms with Crippen molar-refractivity contribution in [3.8, 4) is 0 Å². The van der Waals surface area contributed by atoms with Crippen molar-refractivity contribution >= 4 is 5.69 Å². The van der Waals surface area contributed by atoms with Crippen LogP contribution in [0.4, 0.5) is 10.1 Å². The van der Waals surface area contributed by atoms with Gasteiger partial charge in [-0.25, -0.2) is 4.39 Å². The van der Waals surface area contributed by atoms with Crippen molar-refractivity contribution in [2.75, 3.05) is 18.5 Å². The maximum Gasteiger partial charge on any atom is 0.123 e. The largest absolute Gasteiger partial charge is 0.371 e. The second-order valence-corrected chi connectivity index (χ2v) is 5.53. The highest BCUT2D eigenvalue weighted by Crippen LogP contribution is 2.32. The van der Waals surface area contributed by atoms with Gasteiger partial charge in [0.25, 0.3) is 0 Å². The van der Waals surface area contributed by atoms with Crippen LogP contribution in [0.15, 0.2) is 18.2 Å². The van der Waals surface area contributed by atoms with Crippen LogP contribution in [0.2, 0.25) is 0 Å².